The first-order chi connectivity index (χ1) is 8.31. The number of carbonyl (C=O) groups excluding carboxylic acids is 1. The van der Waals surface area contributed by atoms with Crippen LogP contribution in [0.25, 0.3) is 0 Å². The summed E-state index contributed by atoms with van der Waals surface area (Å²) in [6.45, 7) is 2.93. The van der Waals surface area contributed by atoms with Crippen molar-refractivity contribution in [3.63, 3.8) is 0 Å². The van der Waals surface area contributed by atoms with Crippen molar-refractivity contribution < 1.29 is 14.7 Å². The van der Waals surface area contributed by atoms with Gasteiger partial charge in [-0.15, -0.1) is 0 Å². The first-order valence-electron chi connectivity index (χ1n) is 5.60. The van der Waals surface area contributed by atoms with Gasteiger partial charge in [0.2, 0.25) is 5.91 Å². The second-order valence-electron chi connectivity index (χ2n) is 4.61. The van der Waals surface area contributed by atoms with Gasteiger partial charge in [-0.2, -0.15) is 0 Å². The molecule has 0 saturated carbocycles. The number of aryl methyl sites for hydroxylation is 1. The van der Waals surface area contributed by atoms with E-state index in [0.29, 0.717) is 6.42 Å². The quantitative estimate of drug-likeness (QED) is 0.877. The van der Waals surface area contributed by atoms with Crippen molar-refractivity contribution in [2.24, 2.45) is 0 Å². The molecular weight excluding hydrogens is 298 g/mol. The Morgan fingerprint density at radius 3 is 2.61 bits per heavy atom. The predicted octanol–water partition coefficient (Wildman–Crippen LogP) is 2.36. The van der Waals surface area contributed by atoms with Gasteiger partial charge in [0, 0.05) is 10.9 Å². The molecule has 4 nitrogen and oxygen atoms in total. The minimum absolute atomic E-state index is 0.262. The van der Waals surface area contributed by atoms with Gasteiger partial charge in [-0.25, -0.2) is 4.79 Å². The molecule has 2 N–H and O–H groups in total. The van der Waals surface area contributed by atoms with Crippen LogP contribution in [0.15, 0.2) is 28.7 Å². The number of nitrogens with one attached hydrogen (secondary N) is 1. The average molecular weight is 314 g/mol. The maximum atomic E-state index is 11.6. The Morgan fingerprint density at radius 1 is 1.39 bits per heavy atom. The molecule has 5 heteroatoms. The molecule has 1 rings (SSSR count). The molecule has 0 atom stereocenters. The molecule has 0 unspecified atom stereocenters. The number of benzene rings is 1. The van der Waals surface area contributed by atoms with Gasteiger partial charge in [0.15, 0.2) is 0 Å². The van der Waals surface area contributed by atoms with Gasteiger partial charge in [-0.1, -0.05) is 28.1 Å². The summed E-state index contributed by atoms with van der Waals surface area (Å²) in [5, 5.41) is 11.4. The normalized spacial score (nSPS) is 11.1. The van der Waals surface area contributed by atoms with Gasteiger partial charge in [-0.3, -0.25) is 4.79 Å². The van der Waals surface area contributed by atoms with E-state index >= 15 is 0 Å². The summed E-state index contributed by atoms with van der Waals surface area (Å²) in [5.74, 6) is -1.30. The number of carboxylic acid groups (broad SMARTS) is 1. The lowest BCUT2D eigenvalue weighted by Crippen LogP contribution is -2.49. The highest BCUT2D eigenvalue weighted by Gasteiger charge is 2.28. The average Bonchev–Trinajstić information content (AvgIpc) is 2.25. The van der Waals surface area contributed by atoms with E-state index in [-0.39, 0.29) is 12.3 Å². The number of rotatable bonds is 5. The molecule has 0 aliphatic rings. The maximum Gasteiger partial charge on any atom is 0.328 e. The number of hydrogen-bond donors (Lipinski definition) is 2. The van der Waals surface area contributed by atoms with Crippen LogP contribution in [0.1, 0.15) is 25.8 Å². The molecule has 1 aromatic carbocycles. The Labute approximate surface area is 115 Å². The Bertz CT molecular complexity index is 457. The Hall–Kier alpha value is -1.36. The molecule has 1 amide bonds. The summed E-state index contributed by atoms with van der Waals surface area (Å²) in [6, 6.07) is 7.69. The van der Waals surface area contributed by atoms with Crippen LogP contribution in [-0.4, -0.2) is 22.5 Å². The summed E-state index contributed by atoms with van der Waals surface area (Å²) in [5.41, 5.74) is -0.193. The van der Waals surface area contributed by atoms with Gasteiger partial charge in [0.1, 0.15) is 5.54 Å². The summed E-state index contributed by atoms with van der Waals surface area (Å²) in [4.78, 5) is 22.5. The van der Waals surface area contributed by atoms with Crippen molar-refractivity contribution in [2.45, 2.75) is 32.2 Å². The number of hydrogen-bond acceptors (Lipinski definition) is 2. The second kappa shape index (κ2) is 6.00. The lowest BCUT2D eigenvalue weighted by molar-refractivity contribution is -0.146. The van der Waals surface area contributed by atoms with E-state index in [4.69, 9.17) is 5.11 Å². The topological polar surface area (TPSA) is 66.4 Å². The predicted molar refractivity (Wildman–Crippen MR) is 72.3 cm³/mol. The Morgan fingerprint density at radius 2 is 2.06 bits per heavy atom. The third-order valence-electron chi connectivity index (χ3n) is 2.52. The lowest BCUT2D eigenvalue weighted by atomic mass is 10.0. The summed E-state index contributed by atoms with van der Waals surface area (Å²) in [7, 11) is 0. The van der Waals surface area contributed by atoms with E-state index in [2.05, 4.69) is 21.2 Å². The van der Waals surface area contributed by atoms with Gasteiger partial charge in [-0.05, 0) is 38.0 Å². The van der Waals surface area contributed by atoms with Gasteiger partial charge < -0.3 is 10.4 Å². The van der Waals surface area contributed by atoms with Crippen molar-refractivity contribution in [3.05, 3.63) is 34.3 Å². The largest absolute Gasteiger partial charge is 0.480 e. The molecular formula is C13H16BrNO3. The fourth-order valence-corrected chi connectivity index (χ4v) is 1.86. The van der Waals surface area contributed by atoms with Crippen LogP contribution in [0.2, 0.25) is 0 Å². The molecule has 0 aliphatic heterocycles. The molecule has 98 valence electrons. The highest BCUT2D eigenvalue weighted by Crippen LogP contribution is 2.13. The van der Waals surface area contributed by atoms with E-state index in [0.717, 1.165) is 10.0 Å². The number of carboxylic acids is 1. The zero-order valence-electron chi connectivity index (χ0n) is 10.4. The molecule has 0 aromatic heterocycles. The first kappa shape index (κ1) is 14.7. The van der Waals surface area contributed by atoms with Gasteiger partial charge >= 0.3 is 5.97 Å². The van der Waals surface area contributed by atoms with Crippen LogP contribution in [0.5, 0.6) is 0 Å². The minimum Gasteiger partial charge on any atom is -0.480 e. The molecule has 0 saturated heterocycles. The van der Waals surface area contributed by atoms with Crippen molar-refractivity contribution in [2.75, 3.05) is 0 Å². The monoisotopic (exact) mass is 313 g/mol. The van der Waals surface area contributed by atoms with Gasteiger partial charge in [0.05, 0.1) is 0 Å². The van der Waals surface area contributed by atoms with Crippen LogP contribution in [-0.2, 0) is 16.0 Å². The summed E-state index contributed by atoms with van der Waals surface area (Å²) < 4.78 is 0.964. The van der Waals surface area contributed by atoms with Crippen molar-refractivity contribution in [1.82, 2.24) is 5.32 Å². The fourth-order valence-electron chi connectivity index (χ4n) is 1.41. The van der Waals surface area contributed by atoms with Crippen molar-refractivity contribution >= 4 is 27.8 Å². The third kappa shape index (κ3) is 4.49. The SMILES string of the molecule is CC(C)(NC(=O)CCc1cccc(Br)c1)C(=O)O. The van der Waals surface area contributed by atoms with E-state index in [1.165, 1.54) is 13.8 Å². The standard InChI is InChI=1S/C13H16BrNO3/c1-13(2,12(17)18)15-11(16)7-6-9-4-3-5-10(14)8-9/h3-5,8H,6-7H2,1-2H3,(H,15,16)(H,17,18). The summed E-state index contributed by atoms with van der Waals surface area (Å²) >= 11 is 3.36. The molecule has 0 radical (unpaired) electrons. The Balaban J connectivity index is 2.50. The van der Waals surface area contributed by atoms with E-state index in [9.17, 15) is 9.59 Å². The number of halogens is 1. The first-order valence-corrected chi connectivity index (χ1v) is 6.39. The summed E-state index contributed by atoms with van der Waals surface area (Å²) in [6.07, 6.45) is 0.855. The number of amides is 1. The highest BCUT2D eigenvalue weighted by atomic mass is 79.9. The number of carbonyl (C=O) groups is 2. The van der Waals surface area contributed by atoms with Crippen LogP contribution in [0.3, 0.4) is 0 Å². The fraction of sp³-hybridized carbons (Fsp3) is 0.385. The van der Waals surface area contributed by atoms with E-state index in [1.54, 1.807) is 0 Å². The zero-order valence-corrected chi connectivity index (χ0v) is 12.0. The molecule has 0 fully saturated rings. The Kier molecular flexibility index (Phi) is 4.90. The molecule has 0 bridgehead atoms. The van der Waals surface area contributed by atoms with Crippen LogP contribution < -0.4 is 5.32 Å². The number of aliphatic carboxylic acids is 1. The lowest BCUT2D eigenvalue weighted by Gasteiger charge is -2.20. The van der Waals surface area contributed by atoms with Crippen LogP contribution in [0.4, 0.5) is 0 Å². The van der Waals surface area contributed by atoms with Crippen molar-refractivity contribution in [3.8, 4) is 0 Å². The van der Waals surface area contributed by atoms with Gasteiger partial charge in [0.25, 0.3) is 0 Å². The van der Waals surface area contributed by atoms with Crippen molar-refractivity contribution in [1.29, 1.82) is 0 Å². The molecule has 0 spiro atoms. The highest BCUT2D eigenvalue weighted by molar-refractivity contribution is 9.10. The van der Waals surface area contributed by atoms with Crippen LogP contribution in [0, 0.1) is 0 Å². The molecule has 0 aliphatic carbocycles. The molecule has 0 heterocycles. The maximum absolute atomic E-state index is 11.6. The third-order valence-corrected chi connectivity index (χ3v) is 3.01. The second-order valence-corrected chi connectivity index (χ2v) is 5.52. The smallest absolute Gasteiger partial charge is 0.328 e. The minimum atomic E-state index is -1.23. The van der Waals surface area contributed by atoms with E-state index < -0.39 is 11.5 Å². The molecule has 18 heavy (non-hydrogen) atoms. The van der Waals surface area contributed by atoms with E-state index in [1.807, 2.05) is 24.3 Å². The zero-order chi connectivity index (χ0) is 13.8. The van der Waals surface area contributed by atoms with Crippen LogP contribution >= 0.6 is 15.9 Å². The molecule has 1 aromatic rings.